The summed E-state index contributed by atoms with van der Waals surface area (Å²) in [6.07, 6.45) is 0.236. The van der Waals surface area contributed by atoms with E-state index < -0.39 is 23.3 Å². The van der Waals surface area contributed by atoms with Crippen LogP contribution in [-0.2, 0) is 4.79 Å². The summed E-state index contributed by atoms with van der Waals surface area (Å²) in [5, 5.41) is 3.22. The number of nitrogens with zero attached hydrogens (tertiary/aromatic N) is 1. The van der Waals surface area contributed by atoms with Gasteiger partial charge >= 0.3 is 0 Å². The van der Waals surface area contributed by atoms with Crippen LogP contribution in [0.15, 0.2) is 18.2 Å². The average molecular weight is 268 g/mol. The maximum Gasteiger partial charge on any atom is 0.244 e. The van der Waals surface area contributed by atoms with E-state index in [-0.39, 0.29) is 5.91 Å². The molecular formula is C14H18F2N2O. The second kappa shape index (κ2) is 4.89. The van der Waals surface area contributed by atoms with Gasteiger partial charge in [0.15, 0.2) is 11.6 Å². The third kappa shape index (κ3) is 2.23. The van der Waals surface area contributed by atoms with E-state index in [2.05, 4.69) is 5.32 Å². The highest BCUT2D eigenvalue weighted by molar-refractivity contribution is 5.88. The number of hydrogen-bond donors (Lipinski definition) is 1. The monoisotopic (exact) mass is 268 g/mol. The van der Waals surface area contributed by atoms with Gasteiger partial charge in [-0.25, -0.2) is 8.78 Å². The molecule has 0 aliphatic carbocycles. The molecule has 1 aromatic rings. The minimum Gasteiger partial charge on any atom is -0.322 e. The van der Waals surface area contributed by atoms with Gasteiger partial charge in [-0.1, -0.05) is 13.0 Å². The Kier molecular flexibility index (Phi) is 3.58. The molecule has 1 heterocycles. The summed E-state index contributed by atoms with van der Waals surface area (Å²) in [6, 6.07) is 3.74. The lowest BCUT2D eigenvalue weighted by molar-refractivity contribution is -0.132. The van der Waals surface area contributed by atoms with Crippen molar-refractivity contribution in [2.45, 2.75) is 38.9 Å². The van der Waals surface area contributed by atoms with Crippen molar-refractivity contribution in [3.05, 3.63) is 35.4 Å². The maximum atomic E-state index is 13.3. The topological polar surface area (TPSA) is 32.3 Å². The lowest BCUT2D eigenvalue weighted by atomic mass is 9.99. The Bertz CT molecular complexity index is 506. The third-order valence-corrected chi connectivity index (χ3v) is 3.81. The number of amides is 1. The molecule has 19 heavy (non-hydrogen) atoms. The molecule has 0 aromatic heterocycles. The Balaban J connectivity index is 2.38. The highest BCUT2D eigenvalue weighted by atomic mass is 19.2. The Morgan fingerprint density at radius 1 is 1.32 bits per heavy atom. The van der Waals surface area contributed by atoms with Crippen LogP contribution >= 0.6 is 0 Å². The van der Waals surface area contributed by atoms with Gasteiger partial charge in [0.25, 0.3) is 0 Å². The normalized spacial score (nSPS) is 27.1. The van der Waals surface area contributed by atoms with Gasteiger partial charge in [0.2, 0.25) is 5.91 Å². The minimum absolute atomic E-state index is 0.00719. The van der Waals surface area contributed by atoms with Crippen LogP contribution in [0.5, 0.6) is 0 Å². The van der Waals surface area contributed by atoms with Crippen molar-refractivity contribution in [1.82, 2.24) is 10.2 Å². The molecule has 2 rings (SSSR count). The van der Waals surface area contributed by atoms with E-state index in [0.29, 0.717) is 18.5 Å². The number of hydrogen-bond acceptors (Lipinski definition) is 2. The SMILES string of the molecule is CCN1C(=O)C(C)(CC)NC1c1ccc(F)c(F)c1. The highest BCUT2D eigenvalue weighted by Gasteiger charge is 2.46. The van der Waals surface area contributed by atoms with Crippen LogP contribution < -0.4 is 5.32 Å². The zero-order chi connectivity index (χ0) is 14.2. The molecule has 0 radical (unpaired) electrons. The maximum absolute atomic E-state index is 13.3. The van der Waals surface area contributed by atoms with Crippen molar-refractivity contribution < 1.29 is 13.6 Å². The van der Waals surface area contributed by atoms with Crippen molar-refractivity contribution >= 4 is 5.91 Å². The van der Waals surface area contributed by atoms with Gasteiger partial charge in [-0.2, -0.15) is 0 Å². The lowest BCUT2D eigenvalue weighted by Gasteiger charge is -2.22. The first-order valence-corrected chi connectivity index (χ1v) is 6.46. The molecule has 2 unspecified atom stereocenters. The van der Waals surface area contributed by atoms with Crippen LogP contribution in [0.3, 0.4) is 0 Å². The third-order valence-electron chi connectivity index (χ3n) is 3.81. The number of nitrogens with one attached hydrogen (secondary N) is 1. The molecule has 1 aliphatic heterocycles. The summed E-state index contributed by atoms with van der Waals surface area (Å²) in [5.74, 6) is -1.78. The first kappa shape index (κ1) is 13.9. The second-order valence-electron chi connectivity index (χ2n) is 5.00. The lowest BCUT2D eigenvalue weighted by Crippen LogP contribution is -2.43. The molecule has 5 heteroatoms. The molecule has 1 amide bonds. The average Bonchev–Trinajstić information content (AvgIpc) is 2.66. The van der Waals surface area contributed by atoms with E-state index in [1.54, 1.807) is 4.90 Å². The zero-order valence-corrected chi connectivity index (χ0v) is 11.3. The van der Waals surface area contributed by atoms with Crippen molar-refractivity contribution in [3.63, 3.8) is 0 Å². The number of carbonyl (C=O) groups excluding carboxylic acids is 1. The Hall–Kier alpha value is -1.49. The summed E-state index contributed by atoms with van der Waals surface area (Å²) < 4.78 is 26.3. The van der Waals surface area contributed by atoms with Gasteiger partial charge in [-0.15, -0.1) is 0 Å². The molecule has 1 aromatic carbocycles. The summed E-state index contributed by atoms with van der Waals surface area (Å²) >= 11 is 0. The first-order valence-electron chi connectivity index (χ1n) is 6.46. The van der Waals surface area contributed by atoms with Gasteiger partial charge in [-0.3, -0.25) is 10.1 Å². The Morgan fingerprint density at radius 3 is 2.53 bits per heavy atom. The predicted octanol–water partition coefficient (Wildman–Crippen LogP) is 2.58. The van der Waals surface area contributed by atoms with Gasteiger partial charge in [0.05, 0.1) is 5.54 Å². The molecular weight excluding hydrogens is 250 g/mol. The van der Waals surface area contributed by atoms with Gasteiger partial charge < -0.3 is 4.90 Å². The fourth-order valence-corrected chi connectivity index (χ4v) is 2.40. The first-order chi connectivity index (χ1) is 8.92. The number of rotatable bonds is 3. The fourth-order valence-electron chi connectivity index (χ4n) is 2.40. The van der Waals surface area contributed by atoms with Crippen molar-refractivity contribution in [2.75, 3.05) is 6.54 Å². The van der Waals surface area contributed by atoms with Crippen molar-refractivity contribution in [3.8, 4) is 0 Å². The number of likely N-dealkylation sites (N-methyl/N-ethyl adjacent to an activating group) is 1. The van der Waals surface area contributed by atoms with Crippen molar-refractivity contribution in [1.29, 1.82) is 0 Å². The predicted molar refractivity (Wildman–Crippen MR) is 68.3 cm³/mol. The zero-order valence-electron chi connectivity index (χ0n) is 11.3. The molecule has 1 fully saturated rings. The summed E-state index contributed by atoms with van der Waals surface area (Å²) in [7, 11) is 0. The van der Waals surface area contributed by atoms with Crippen molar-refractivity contribution in [2.24, 2.45) is 0 Å². The Morgan fingerprint density at radius 2 is 2.00 bits per heavy atom. The van der Waals surface area contributed by atoms with E-state index in [0.717, 1.165) is 12.1 Å². The van der Waals surface area contributed by atoms with Crippen LogP contribution in [0.25, 0.3) is 0 Å². The van der Waals surface area contributed by atoms with Gasteiger partial charge in [0, 0.05) is 6.54 Å². The number of benzene rings is 1. The fraction of sp³-hybridized carbons (Fsp3) is 0.500. The van der Waals surface area contributed by atoms with Crippen LogP contribution in [0.2, 0.25) is 0 Å². The van der Waals surface area contributed by atoms with E-state index in [9.17, 15) is 13.6 Å². The van der Waals surface area contributed by atoms with E-state index >= 15 is 0 Å². The molecule has 3 nitrogen and oxygen atoms in total. The molecule has 1 N–H and O–H groups in total. The molecule has 0 saturated carbocycles. The van der Waals surface area contributed by atoms with Gasteiger partial charge in [-0.05, 0) is 38.0 Å². The summed E-state index contributed by atoms with van der Waals surface area (Å²) in [4.78, 5) is 14.0. The smallest absolute Gasteiger partial charge is 0.244 e. The molecule has 104 valence electrons. The van der Waals surface area contributed by atoms with Crippen LogP contribution in [0.1, 0.15) is 38.9 Å². The van der Waals surface area contributed by atoms with E-state index in [4.69, 9.17) is 0 Å². The quantitative estimate of drug-likeness (QED) is 0.914. The Labute approximate surface area is 111 Å². The van der Waals surface area contributed by atoms with Gasteiger partial charge in [0.1, 0.15) is 6.17 Å². The highest BCUT2D eigenvalue weighted by Crippen LogP contribution is 2.32. The molecule has 1 saturated heterocycles. The van der Waals surface area contributed by atoms with E-state index in [1.165, 1.54) is 6.07 Å². The van der Waals surface area contributed by atoms with Crippen LogP contribution in [0.4, 0.5) is 8.78 Å². The molecule has 2 atom stereocenters. The molecule has 1 aliphatic rings. The minimum atomic E-state index is -0.895. The van der Waals surface area contributed by atoms with Crippen LogP contribution in [0, 0.1) is 11.6 Å². The van der Waals surface area contributed by atoms with Crippen LogP contribution in [-0.4, -0.2) is 22.9 Å². The standard InChI is InChI=1S/C14H18F2N2O/c1-4-14(3)13(19)18(5-2)12(17-14)9-6-7-10(15)11(16)8-9/h6-8,12,17H,4-5H2,1-3H3. The second-order valence-corrected chi connectivity index (χ2v) is 5.00. The molecule has 0 bridgehead atoms. The largest absolute Gasteiger partial charge is 0.322 e. The number of carbonyl (C=O) groups is 1. The number of halogens is 2. The summed E-state index contributed by atoms with van der Waals surface area (Å²) in [5.41, 5.74) is -0.0859. The summed E-state index contributed by atoms with van der Waals surface area (Å²) in [6.45, 7) is 6.14. The molecule has 0 spiro atoms. The van der Waals surface area contributed by atoms with E-state index in [1.807, 2.05) is 20.8 Å².